The van der Waals surface area contributed by atoms with Gasteiger partial charge in [-0.2, -0.15) is 0 Å². The molecule has 1 saturated heterocycles. The number of likely N-dealkylation sites (tertiary alicyclic amines) is 1. The Balaban J connectivity index is 2.50. The predicted octanol–water partition coefficient (Wildman–Crippen LogP) is 2.47. The summed E-state index contributed by atoms with van der Waals surface area (Å²) in [6, 6.07) is 3.44. The van der Waals surface area contributed by atoms with E-state index in [4.69, 9.17) is 18.9 Å². The van der Waals surface area contributed by atoms with Crippen LogP contribution in [0.3, 0.4) is 0 Å². The van der Waals surface area contributed by atoms with Crippen LogP contribution >= 0.6 is 0 Å². The van der Waals surface area contributed by atoms with Gasteiger partial charge in [-0.15, -0.1) is 0 Å². The van der Waals surface area contributed by atoms with Crippen LogP contribution in [0.1, 0.15) is 32.4 Å². The highest BCUT2D eigenvalue weighted by Gasteiger charge is 2.51. The first-order chi connectivity index (χ1) is 12.7. The first-order valence-electron chi connectivity index (χ1n) is 8.93. The Morgan fingerprint density at radius 2 is 1.70 bits per heavy atom. The standard InChI is InChI=1S/C20H29NO6/c1-8-27-19(23)13-11-21(4)17(20(2,3)18(13)22)12-9-14(24-5)16(26-7)15(10-12)25-6/h9-10,13,17H,8,11H2,1-7H3. The van der Waals surface area contributed by atoms with Crippen molar-refractivity contribution in [2.24, 2.45) is 11.3 Å². The van der Waals surface area contributed by atoms with E-state index in [0.29, 0.717) is 23.8 Å². The van der Waals surface area contributed by atoms with Crippen molar-refractivity contribution in [1.82, 2.24) is 4.90 Å². The molecule has 150 valence electrons. The van der Waals surface area contributed by atoms with Crippen LogP contribution in [0.15, 0.2) is 12.1 Å². The van der Waals surface area contributed by atoms with Crippen molar-refractivity contribution in [3.05, 3.63) is 17.7 Å². The van der Waals surface area contributed by atoms with Gasteiger partial charge < -0.3 is 18.9 Å². The van der Waals surface area contributed by atoms with Crippen LogP contribution in [-0.4, -0.2) is 58.2 Å². The average Bonchev–Trinajstić information content (AvgIpc) is 2.63. The highest BCUT2D eigenvalue weighted by Crippen LogP contribution is 2.48. The number of hydrogen-bond donors (Lipinski definition) is 0. The van der Waals surface area contributed by atoms with Gasteiger partial charge in [0.05, 0.1) is 27.9 Å². The number of ketones is 1. The Kier molecular flexibility index (Phi) is 6.36. The van der Waals surface area contributed by atoms with Crippen LogP contribution in [0.25, 0.3) is 0 Å². The van der Waals surface area contributed by atoms with Crippen LogP contribution in [-0.2, 0) is 14.3 Å². The third-order valence-electron chi connectivity index (χ3n) is 5.12. The minimum Gasteiger partial charge on any atom is -0.493 e. The molecule has 0 aliphatic carbocycles. The molecule has 2 rings (SSSR count). The van der Waals surface area contributed by atoms with E-state index in [9.17, 15) is 9.59 Å². The van der Waals surface area contributed by atoms with E-state index in [2.05, 4.69) is 0 Å². The van der Waals surface area contributed by atoms with Crippen molar-refractivity contribution in [3.63, 3.8) is 0 Å². The Labute approximate surface area is 160 Å². The third kappa shape index (κ3) is 3.74. The molecule has 1 fully saturated rings. The summed E-state index contributed by atoms with van der Waals surface area (Å²) in [5, 5.41) is 0. The molecule has 2 unspecified atom stereocenters. The summed E-state index contributed by atoms with van der Waals surface area (Å²) >= 11 is 0. The number of benzene rings is 1. The third-order valence-corrected chi connectivity index (χ3v) is 5.12. The zero-order chi connectivity index (χ0) is 20.4. The van der Waals surface area contributed by atoms with E-state index >= 15 is 0 Å². The van der Waals surface area contributed by atoms with Gasteiger partial charge in [0.15, 0.2) is 17.3 Å². The van der Waals surface area contributed by atoms with Gasteiger partial charge in [-0.05, 0) is 31.7 Å². The number of esters is 1. The van der Waals surface area contributed by atoms with E-state index in [0.717, 1.165) is 5.56 Å². The predicted molar refractivity (Wildman–Crippen MR) is 100 cm³/mol. The Bertz CT molecular complexity index is 689. The number of Topliss-reactive ketones (excluding diaryl/α,β-unsaturated/α-hetero) is 1. The van der Waals surface area contributed by atoms with Crippen molar-refractivity contribution < 1.29 is 28.5 Å². The molecule has 7 nitrogen and oxygen atoms in total. The van der Waals surface area contributed by atoms with Crippen molar-refractivity contribution in [3.8, 4) is 17.2 Å². The largest absolute Gasteiger partial charge is 0.493 e. The fourth-order valence-electron chi connectivity index (χ4n) is 3.97. The number of piperidine rings is 1. The van der Waals surface area contributed by atoms with Gasteiger partial charge in [0.2, 0.25) is 5.75 Å². The lowest BCUT2D eigenvalue weighted by Gasteiger charge is -2.46. The van der Waals surface area contributed by atoms with Crippen LogP contribution in [0.5, 0.6) is 17.2 Å². The molecule has 1 aromatic rings. The second kappa shape index (κ2) is 8.17. The summed E-state index contributed by atoms with van der Waals surface area (Å²) in [6.45, 7) is 5.99. The molecule has 0 radical (unpaired) electrons. The smallest absolute Gasteiger partial charge is 0.317 e. The van der Waals surface area contributed by atoms with E-state index in [1.165, 1.54) is 0 Å². The van der Waals surface area contributed by atoms with Crippen LogP contribution in [0, 0.1) is 11.3 Å². The number of carbonyl (C=O) groups is 2. The van der Waals surface area contributed by atoms with Gasteiger partial charge in [-0.1, -0.05) is 13.8 Å². The number of carbonyl (C=O) groups excluding carboxylic acids is 2. The summed E-state index contributed by atoms with van der Waals surface area (Å²) in [4.78, 5) is 27.4. The number of nitrogens with zero attached hydrogens (tertiary/aromatic N) is 1. The molecule has 1 aliphatic rings. The molecule has 1 aromatic carbocycles. The van der Waals surface area contributed by atoms with E-state index in [1.807, 2.05) is 37.9 Å². The van der Waals surface area contributed by atoms with Crippen molar-refractivity contribution in [1.29, 1.82) is 0 Å². The highest BCUT2D eigenvalue weighted by molar-refractivity contribution is 6.03. The highest BCUT2D eigenvalue weighted by atomic mass is 16.5. The minimum absolute atomic E-state index is 0.127. The molecule has 0 spiro atoms. The van der Waals surface area contributed by atoms with Gasteiger partial charge in [-0.3, -0.25) is 14.5 Å². The summed E-state index contributed by atoms with van der Waals surface area (Å²) in [7, 11) is 6.55. The second-order valence-electron chi connectivity index (χ2n) is 7.19. The molecule has 27 heavy (non-hydrogen) atoms. The molecule has 0 aromatic heterocycles. The maximum atomic E-state index is 13.1. The maximum Gasteiger partial charge on any atom is 0.317 e. The molecule has 0 amide bonds. The molecule has 7 heteroatoms. The second-order valence-corrected chi connectivity index (χ2v) is 7.19. The Morgan fingerprint density at radius 3 is 2.15 bits per heavy atom. The lowest BCUT2D eigenvalue weighted by molar-refractivity contribution is -0.160. The topological polar surface area (TPSA) is 74.3 Å². The molecular weight excluding hydrogens is 350 g/mol. The quantitative estimate of drug-likeness (QED) is 0.555. The summed E-state index contributed by atoms with van der Waals surface area (Å²) in [5.41, 5.74) is 0.0438. The first kappa shape index (κ1) is 21.0. The summed E-state index contributed by atoms with van der Waals surface area (Å²) in [6.07, 6.45) is 0. The fourth-order valence-corrected chi connectivity index (χ4v) is 3.97. The number of rotatable bonds is 6. The fraction of sp³-hybridized carbons (Fsp3) is 0.600. The van der Waals surface area contributed by atoms with Gasteiger partial charge in [-0.25, -0.2) is 0 Å². The molecule has 0 bridgehead atoms. The minimum atomic E-state index is -0.810. The van der Waals surface area contributed by atoms with E-state index in [1.54, 1.807) is 28.3 Å². The Morgan fingerprint density at radius 1 is 1.15 bits per heavy atom. The molecule has 1 heterocycles. The molecule has 1 aliphatic heterocycles. The molecule has 2 atom stereocenters. The lowest BCUT2D eigenvalue weighted by Crippen LogP contribution is -2.54. The molecular formula is C20H29NO6. The lowest BCUT2D eigenvalue weighted by atomic mass is 9.69. The monoisotopic (exact) mass is 379 g/mol. The summed E-state index contributed by atoms with van der Waals surface area (Å²) in [5.74, 6) is 0.162. The van der Waals surface area contributed by atoms with Crippen LogP contribution in [0.4, 0.5) is 0 Å². The number of methoxy groups -OCH3 is 3. The summed E-state index contributed by atoms with van der Waals surface area (Å²) < 4.78 is 21.4. The normalized spacial score (nSPS) is 22.3. The van der Waals surface area contributed by atoms with Crippen molar-refractivity contribution >= 4 is 11.8 Å². The van der Waals surface area contributed by atoms with E-state index in [-0.39, 0.29) is 18.4 Å². The first-order valence-corrected chi connectivity index (χ1v) is 8.93. The van der Waals surface area contributed by atoms with Gasteiger partial charge in [0.1, 0.15) is 5.92 Å². The molecule has 0 saturated carbocycles. The Hall–Kier alpha value is -2.28. The van der Waals surface area contributed by atoms with Gasteiger partial charge >= 0.3 is 5.97 Å². The number of hydrogen-bond acceptors (Lipinski definition) is 7. The van der Waals surface area contributed by atoms with Gasteiger partial charge in [0, 0.05) is 18.0 Å². The molecule has 0 N–H and O–H groups in total. The zero-order valence-corrected chi connectivity index (χ0v) is 17.1. The van der Waals surface area contributed by atoms with Crippen molar-refractivity contribution in [2.45, 2.75) is 26.8 Å². The van der Waals surface area contributed by atoms with Crippen molar-refractivity contribution in [2.75, 3.05) is 41.5 Å². The maximum absolute atomic E-state index is 13.1. The van der Waals surface area contributed by atoms with E-state index < -0.39 is 17.3 Å². The number of ether oxygens (including phenoxy) is 4. The van der Waals surface area contributed by atoms with Crippen LogP contribution in [0.2, 0.25) is 0 Å². The zero-order valence-electron chi connectivity index (χ0n) is 17.1. The SMILES string of the molecule is CCOC(=O)C1CN(C)C(c2cc(OC)c(OC)c(OC)c2)C(C)(C)C1=O. The van der Waals surface area contributed by atoms with Crippen LogP contribution < -0.4 is 14.2 Å². The van der Waals surface area contributed by atoms with Gasteiger partial charge in [0.25, 0.3) is 0 Å². The average molecular weight is 379 g/mol.